The van der Waals surface area contributed by atoms with Gasteiger partial charge in [0.2, 0.25) is 0 Å². The summed E-state index contributed by atoms with van der Waals surface area (Å²) in [6.45, 7) is 9.04. The van der Waals surface area contributed by atoms with E-state index in [-0.39, 0.29) is 0 Å². The van der Waals surface area contributed by atoms with Crippen LogP contribution in [-0.4, -0.2) is 48.7 Å². The lowest BCUT2D eigenvalue weighted by Crippen LogP contribution is -2.44. The molecule has 0 atom stereocenters. The quantitative estimate of drug-likeness (QED) is 0.710. The monoisotopic (exact) mass is 221 g/mol. The van der Waals surface area contributed by atoms with Crippen molar-refractivity contribution in [3.63, 3.8) is 0 Å². The van der Waals surface area contributed by atoms with Crippen LogP contribution in [0.15, 0.2) is 16.9 Å². The summed E-state index contributed by atoms with van der Waals surface area (Å²) in [5, 5.41) is 0. The van der Waals surface area contributed by atoms with Crippen molar-refractivity contribution in [2.45, 2.75) is 26.7 Å². The van der Waals surface area contributed by atoms with Crippen molar-refractivity contribution >= 4 is 5.71 Å². The van der Waals surface area contributed by atoms with Crippen molar-refractivity contribution in [3.05, 3.63) is 11.9 Å². The Kier molecular flexibility index (Phi) is 3.64. The Morgan fingerprint density at radius 2 is 1.88 bits per heavy atom. The first-order valence-corrected chi connectivity index (χ1v) is 6.38. The Morgan fingerprint density at radius 1 is 1.19 bits per heavy atom. The minimum atomic E-state index is 0.594. The van der Waals surface area contributed by atoms with Gasteiger partial charge in [-0.3, -0.25) is 0 Å². The molecule has 1 fully saturated rings. The van der Waals surface area contributed by atoms with Crippen molar-refractivity contribution in [2.75, 3.05) is 33.2 Å². The molecular weight excluding hydrogens is 198 g/mol. The molecule has 0 amide bonds. The lowest BCUT2D eigenvalue weighted by atomic mass is 10.0. The van der Waals surface area contributed by atoms with Gasteiger partial charge in [-0.05, 0) is 31.9 Å². The third-order valence-electron chi connectivity index (χ3n) is 3.48. The van der Waals surface area contributed by atoms with Gasteiger partial charge in [0, 0.05) is 31.9 Å². The minimum absolute atomic E-state index is 0.594. The fourth-order valence-electron chi connectivity index (χ4n) is 2.25. The second kappa shape index (κ2) is 5.00. The molecule has 2 aliphatic rings. The van der Waals surface area contributed by atoms with E-state index >= 15 is 0 Å². The molecule has 0 aromatic heterocycles. The van der Waals surface area contributed by atoms with Gasteiger partial charge in [0.15, 0.2) is 0 Å². The second-order valence-corrected chi connectivity index (χ2v) is 5.15. The molecule has 0 spiro atoms. The first-order chi connectivity index (χ1) is 7.66. The van der Waals surface area contributed by atoms with Crippen LogP contribution in [0.4, 0.5) is 0 Å². The van der Waals surface area contributed by atoms with E-state index in [0.29, 0.717) is 5.92 Å². The molecule has 0 aromatic carbocycles. The first kappa shape index (κ1) is 11.6. The average Bonchev–Trinajstić information content (AvgIpc) is 2.30. The predicted octanol–water partition coefficient (Wildman–Crippen LogP) is 1.97. The standard InChI is InChI=1S/C13H23N3/c1-11(2)12-5-4-6-13(14-12)16-9-7-15(3)8-10-16/h6,11H,4-5,7-10H2,1-3H3. The van der Waals surface area contributed by atoms with Gasteiger partial charge in [0.1, 0.15) is 5.82 Å². The molecule has 0 unspecified atom stereocenters. The number of aliphatic imine (C=N–C) groups is 1. The number of allylic oxidation sites excluding steroid dienone is 1. The highest BCUT2D eigenvalue weighted by atomic mass is 15.3. The molecule has 0 aromatic rings. The number of nitrogens with zero attached hydrogens (tertiary/aromatic N) is 3. The lowest BCUT2D eigenvalue weighted by molar-refractivity contribution is 0.184. The van der Waals surface area contributed by atoms with E-state index < -0.39 is 0 Å². The SMILES string of the molecule is CC(C)C1=NC(N2CCN(C)CC2)=CCC1. The zero-order valence-electron chi connectivity index (χ0n) is 10.7. The molecule has 1 saturated heterocycles. The summed E-state index contributed by atoms with van der Waals surface area (Å²) in [4.78, 5) is 9.63. The molecule has 0 radical (unpaired) electrons. The highest BCUT2D eigenvalue weighted by Gasteiger charge is 2.18. The molecule has 0 saturated carbocycles. The van der Waals surface area contributed by atoms with Crippen LogP contribution >= 0.6 is 0 Å². The number of likely N-dealkylation sites (N-methyl/N-ethyl adjacent to an activating group) is 1. The Morgan fingerprint density at radius 3 is 2.50 bits per heavy atom. The molecule has 3 nitrogen and oxygen atoms in total. The largest absolute Gasteiger partial charge is 0.354 e. The molecule has 0 bridgehead atoms. The van der Waals surface area contributed by atoms with Gasteiger partial charge in [-0.15, -0.1) is 0 Å². The van der Waals surface area contributed by atoms with Gasteiger partial charge in [-0.2, -0.15) is 0 Å². The number of rotatable bonds is 2. The summed E-state index contributed by atoms with van der Waals surface area (Å²) in [5.74, 6) is 1.82. The summed E-state index contributed by atoms with van der Waals surface area (Å²) < 4.78 is 0. The van der Waals surface area contributed by atoms with Crippen LogP contribution < -0.4 is 0 Å². The van der Waals surface area contributed by atoms with Crippen LogP contribution in [0, 0.1) is 5.92 Å². The number of hydrogen-bond acceptors (Lipinski definition) is 3. The molecular formula is C13H23N3. The minimum Gasteiger partial charge on any atom is -0.354 e. The summed E-state index contributed by atoms with van der Waals surface area (Å²) in [7, 11) is 2.19. The summed E-state index contributed by atoms with van der Waals surface area (Å²) in [6.07, 6.45) is 4.62. The fourth-order valence-corrected chi connectivity index (χ4v) is 2.25. The molecule has 0 N–H and O–H groups in total. The van der Waals surface area contributed by atoms with E-state index in [1.54, 1.807) is 0 Å². The summed E-state index contributed by atoms with van der Waals surface area (Å²) in [6, 6.07) is 0. The Labute approximate surface area is 98.8 Å². The maximum atomic E-state index is 4.82. The highest BCUT2D eigenvalue weighted by Crippen LogP contribution is 2.19. The van der Waals surface area contributed by atoms with E-state index in [1.807, 2.05) is 0 Å². The molecule has 90 valence electrons. The van der Waals surface area contributed by atoms with Gasteiger partial charge in [-0.25, -0.2) is 4.99 Å². The van der Waals surface area contributed by atoms with Crippen LogP contribution in [0.2, 0.25) is 0 Å². The van der Waals surface area contributed by atoms with Crippen LogP contribution in [0.1, 0.15) is 26.7 Å². The maximum Gasteiger partial charge on any atom is 0.124 e. The van der Waals surface area contributed by atoms with Gasteiger partial charge >= 0.3 is 0 Å². The number of piperazine rings is 1. The van der Waals surface area contributed by atoms with E-state index in [0.717, 1.165) is 32.6 Å². The van der Waals surface area contributed by atoms with Gasteiger partial charge in [-0.1, -0.05) is 13.8 Å². The maximum absolute atomic E-state index is 4.82. The van der Waals surface area contributed by atoms with Crippen molar-refractivity contribution in [2.24, 2.45) is 10.9 Å². The van der Waals surface area contributed by atoms with Crippen LogP contribution in [0.25, 0.3) is 0 Å². The van der Waals surface area contributed by atoms with Crippen molar-refractivity contribution in [3.8, 4) is 0 Å². The molecule has 2 heterocycles. The first-order valence-electron chi connectivity index (χ1n) is 6.38. The molecule has 2 rings (SSSR count). The predicted molar refractivity (Wildman–Crippen MR) is 68.7 cm³/mol. The van der Waals surface area contributed by atoms with Crippen LogP contribution in [-0.2, 0) is 0 Å². The summed E-state index contributed by atoms with van der Waals surface area (Å²) >= 11 is 0. The van der Waals surface area contributed by atoms with Gasteiger partial charge < -0.3 is 9.80 Å². The third kappa shape index (κ3) is 2.64. The Balaban J connectivity index is 2.02. The number of hydrogen-bond donors (Lipinski definition) is 0. The van der Waals surface area contributed by atoms with Crippen LogP contribution in [0.3, 0.4) is 0 Å². The fraction of sp³-hybridized carbons (Fsp3) is 0.769. The van der Waals surface area contributed by atoms with Crippen molar-refractivity contribution < 1.29 is 0 Å². The van der Waals surface area contributed by atoms with Gasteiger partial charge in [0.05, 0.1) is 0 Å². The smallest absolute Gasteiger partial charge is 0.124 e. The molecule has 3 heteroatoms. The van der Waals surface area contributed by atoms with E-state index in [2.05, 4.69) is 36.8 Å². The van der Waals surface area contributed by atoms with Crippen molar-refractivity contribution in [1.82, 2.24) is 9.80 Å². The van der Waals surface area contributed by atoms with Crippen LogP contribution in [0.5, 0.6) is 0 Å². The molecule has 2 aliphatic heterocycles. The van der Waals surface area contributed by atoms with E-state index in [1.165, 1.54) is 18.0 Å². The Hall–Kier alpha value is -0.830. The average molecular weight is 221 g/mol. The van der Waals surface area contributed by atoms with Gasteiger partial charge in [0.25, 0.3) is 0 Å². The normalized spacial score (nSPS) is 23.4. The van der Waals surface area contributed by atoms with E-state index in [9.17, 15) is 0 Å². The highest BCUT2D eigenvalue weighted by molar-refractivity contribution is 5.87. The molecule has 16 heavy (non-hydrogen) atoms. The molecule has 0 aliphatic carbocycles. The third-order valence-corrected chi connectivity index (χ3v) is 3.48. The zero-order valence-corrected chi connectivity index (χ0v) is 10.7. The zero-order chi connectivity index (χ0) is 11.5. The summed E-state index contributed by atoms with van der Waals surface area (Å²) in [5.41, 5.74) is 1.37. The van der Waals surface area contributed by atoms with Crippen molar-refractivity contribution in [1.29, 1.82) is 0 Å². The topological polar surface area (TPSA) is 18.8 Å². The lowest BCUT2D eigenvalue weighted by Gasteiger charge is -2.35. The Bertz CT molecular complexity index is 296. The van der Waals surface area contributed by atoms with E-state index in [4.69, 9.17) is 4.99 Å². The second-order valence-electron chi connectivity index (χ2n) is 5.15.